The fourth-order valence-corrected chi connectivity index (χ4v) is 10.6. The standard InChI is InChI=1S/C39H55BN2O6.C20H31NO3/c1-25(2)19-34(40-47-33-24-29-23-32(38(29,6)7)39(33,8)48-40)42-35(44)28(20-26-15-11-9-12-16-26)22-31(43)30(21-27-17-13-10-14-18-27)41-36(45)46-37(3,4)5;1-15(2)11-12-21-19(23)17(13-16-9-7-6-8-10-16)14-18(22)24-20(3,4)5/h9-18,25,28-30,32-34H,19-24H2,1-8H3,(H,41,45)(H,42,44);6-10,15,17H,11-14H2,1-5H3,(H,21,23). The first-order valence-corrected chi connectivity index (χ1v) is 26.5. The molecule has 1 heterocycles. The van der Waals surface area contributed by atoms with E-state index in [1.54, 1.807) is 20.8 Å². The van der Waals surface area contributed by atoms with Crippen molar-refractivity contribution in [2.24, 2.45) is 40.9 Å². The number of hydrogen-bond acceptors (Lipinski definition) is 9. The Morgan fingerprint density at radius 2 is 1.18 bits per heavy atom. The maximum atomic E-state index is 14.3. The van der Waals surface area contributed by atoms with Gasteiger partial charge >= 0.3 is 19.2 Å². The monoisotopic (exact) mass is 992 g/mol. The Kier molecular flexibility index (Phi) is 20.3. The highest BCUT2D eigenvalue weighted by Crippen LogP contribution is 2.65. The van der Waals surface area contributed by atoms with Gasteiger partial charge in [-0.2, -0.15) is 0 Å². The number of ketones is 1. The lowest BCUT2D eigenvalue weighted by Crippen LogP contribution is -2.65. The van der Waals surface area contributed by atoms with Crippen LogP contribution in [0.5, 0.6) is 0 Å². The molecule has 12 nitrogen and oxygen atoms in total. The van der Waals surface area contributed by atoms with Gasteiger partial charge in [-0.1, -0.05) is 133 Å². The van der Waals surface area contributed by atoms with Crippen molar-refractivity contribution in [3.63, 3.8) is 0 Å². The fraction of sp³-hybridized carbons (Fsp3) is 0.610. The average molecular weight is 992 g/mol. The van der Waals surface area contributed by atoms with Crippen molar-refractivity contribution in [3.05, 3.63) is 108 Å². The molecule has 0 spiro atoms. The Hall–Kier alpha value is -5.01. The molecule has 8 atom stereocenters. The molecule has 2 bridgehead atoms. The number of benzene rings is 3. The molecular formula is C59H86BN3O9. The smallest absolute Gasteiger partial charge is 0.460 e. The summed E-state index contributed by atoms with van der Waals surface area (Å²) in [5, 5.41) is 9.06. The Balaban J connectivity index is 0.000000338. The van der Waals surface area contributed by atoms with Crippen LogP contribution in [0.4, 0.5) is 4.79 Å². The summed E-state index contributed by atoms with van der Waals surface area (Å²) >= 11 is 0. The van der Waals surface area contributed by atoms with E-state index < -0.39 is 42.3 Å². The Labute approximate surface area is 431 Å². The lowest BCUT2D eigenvalue weighted by molar-refractivity contribution is -0.199. The van der Waals surface area contributed by atoms with E-state index in [0.717, 1.165) is 36.0 Å². The second-order valence-corrected chi connectivity index (χ2v) is 24.2. The van der Waals surface area contributed by atoms with E-state index in [4.69, 9.17) is 18.8 Å². The largest absolute Gasteiger partial charge is 0.481 e. The number of hydrogen-bond donors (Lipinski definition) is 3. The minimum absolute atomic E-state index is 0.00482. The Bertz CT molecular complexity index is 2230. The summed E-state index contributed by atoms with van der Waals surface area (Å²) in [5.41, 5.74) is 1.47. The van der Waals surface area contributed by atoms with Crippen molar-refractivity contribution < 1.29 is 42.8 Å². The number of ether oxygens (including phenoxy) is 2. The molecule has 7 rings (SSSR count). The molecule has 0 radical (unpaired) electrons. The molecule has 1 saturated heterocycles. The average Bonchev–Trinajstić information content (AvgIpc) is 3.65. The zero-order valence-electron chi connectivity index (χ0n) is 45.7. The molecule has 8 unspecified atom stereocenters. The second-order valence-electron chi connectivity index (χ2n) is 24.2. The van der Waals surface area contributed by atoms with E-state index in [-0.39, 0.29) is 71.8 Å². The number of alkyl carbamates (subject to hydrolysis) is 1. The molecule has 0 aromatic heterocycles. The maximum absolute atomic E-state index is 14.3. The highest BCUT2D eigenvalue weighted by Gasteiger charge is 2.68. The van der Waals surface area contributed by atoms with Gasteiger partial charge in [0.05, 0.1) is 36.0 Å². The van der Waals surface area contributed by atoms with E-state index >= 15 is 0 Å². The summed E-state index contributed by atoms with van der Waals surface area (Å²) < 4.78 is 24.3. The number of nitrogens with one attached hydrogen (secondary N) is 3. The van der Waals surface area contributed by atoms with Crippen LogP contribution in [0.2, 0.25) is 0 Å². The summed E-state index contributed by atoms with van der Waals surface area (Å²) in [5.74, 6) is -0.443. The van der Waals surface area contributed by atoms with Crippen molar-refractivity contribution in [3.8, 4) is 0 Å². The molecule has 3 amide bonds. The number of carbonyl (C=O) groups excluding carboxylic acids is 5. The highest BCUT2D eigenvalue weighted by atomic mass is 16.7. The lowest BCUT2D eigenvalue weighted by atomic mass is 9.43. The minimum atomic E-state index is -0.862. The van der Waals surface area contributed by atoms with Crippen LogP contribution in [0.25, 0.3) is 0 Å². The molecule has 13 heteroatoms. The summed E-state index contributed by atoms with van der Waals surface area (Å²) in [6.07, 6.45) is 4.32. The summed E-state index contributed by atoms with van der Waals surface area (Å²) in [6, 6.07) is 28.2. The van der Waals surface area contributed by atoms with Crippen molar-refractivity contribution in [1.29, 1.82) is 0 Å². The van der Waals surface area contributed by atoms with Gasteiger partial charge in [0.25, 0.3) is 0 Å². The lowest BCUT2D eigenvalue weighted by Gasteiger charge is -2.64. The zero-order valence-corrected chi connectivity index (χ0v) is 45.7. The van der Waals surface area contributed by atoms with Gasteiger partial charge in [0.1, 0.15) is 11.2 Å². The molecule has 3 aromatic rings. The third-order valence-corrected chi connectivity index (χ3v) is 14.4. The van der Waals surface area contributed by atoms with E-state index in [2.05, 4.69) is 64.4 Å². The quantitative estimate of drug-likeness (QED) is 0.0698. The van der Waals surface area contributed by atoms with Crippen LogP contribution in [-0.2, 0) is 57.2 Å². The summed E-state index contributed by atoms with van der Waals surface area (Å²) in [7, 11) is -0.561. The van der Waals surface area contributed by atoms with Crippen LogP contribution in [0, 0.1) is 40.9 Å². The normalized spacial score (nSPS) is 21.7. The molecule has 3 saturated carbocycles. The number of Topliss-reactive ketones (excluding diaryl/α,β-unsaturated/α-hetero) is 1. The van der Waals surface area contributed by atoms with Crippen LogP contribution < -0.4 is 16.0 Å². The zero-order chi connectivity index (χ0) is 53.0. The molecule has 4 fully saturated rings. The number of amides is 3. The molecule has 4 aliphatic rings. The van der Waals surface area contributed by atoms with Crippen molar-refractivity contribution in [2.75, 3.05) is 6.54 Å². The van der Waals surface area contributed by atoms with E-state index in [0.29, 0.717) is 43.6 Å². The van der Waals surface area contributed by atoms with Gasteiger partial charge in [0.2, 0.25) is 11.8 Å². The van der Waals surface area contributed by atoms with Crippen LogP contribution in [0.3, 0.4) is 0 Å². The SMILES string of the molecule is CC(C)CC(NC(=O)C(CC(=O)C(Cc1ccccc1)NC(=O)OC(C)(C)C)Cc1ccccc1)B1OC2CC3CC(C3(C)C)C2(C)O1.CC(C)CCNC(=O)C(CC(=O)OC(C)(C)C)Cc1ccccc1. The van der Waals surface area contributed by atoms with Crippen LogP contribution in [0.1, 0.15) is 145 Å². The first kappa shape index (κ1) is 57.9. The van der Waals surface area contributed by atoms with Crippen LogP contribution in [-0.4, -0.2) is 78.2 Å². The second kappa shape index (κ2) is 25.3. The molecule has 1 aliphatic heterocycles. The number of rotatable bonds is 21. The summed E-state index contributed by atoms with van der Waals surface area (Å²) in [6.45, 7) is 26.8. The molecule has 3 aliphatic carbocycles. The van der Waals surface area contributed by atoms with Gasteiger partial charge in [-0.15, -0.1) is 0 Å². The minimum Gasteiger partial charge on any atom is -0.460 e. The Morgan fingerprint density at radius 1 is 0.667 bits per heavy atom. The fourth-order valence-electron chi connectivity index (χ4n) is 10.6. The Morgan fingerprint density at radius 3 is 1.67 bits per heavy atom. The first-order valence-electron chi connectivity index (χ1n) is 26.5. The van der Waals surface area contributed by atoms with E-state index in [1.807, 2.05) is 112 Å². The molecular weight excluding hydrogens is 905 g/mol. The van der Waals surface area contributed by atoms with Gasteiger partial charge in [-0.25, -0.2) is 4.79 Å². The van der Waals surface area contributed by atoms with Crippen molar-refractivity contribution in [2.45, 2.75) is 183 Å². The maximum Gasteiger partial charge on any atom is 0.481 e. The van der Waals surface area contributed by atoms with Crippen LogP contribution in [0.15, 0.2) is 91.0 Å². The first-order chi connectivity index (χ1) is 33.7. The molecule has 72 heavy (non-hydrogen) atoms. The van der Waals surface area contributed by atoms with Crippen molar-refractivity contribution >= 4 is 36.8 Å². The predicted octanol–water partition coefficient (Wildman–Crippen LogP) is 10.5. The van der Waals surface area contributed by atoms with Crippen LogP contribution >= 0.6 is 0 Å². The topological polar surface area (TPSA) is 158 Å². The van der Waals surface area contributed by atoms with Gasteiger partial charge in [-0.05, 0) is 139 Å². The highest BCUT2D eigenvalue weighted by molar-refractivity contribution is 6.48. The van der Waals surface area contributed by atoms with Gasteiger partial charge in [0.15, 0.2) is 5.78 Å². The van der Waals surface area contributed by atoms with E-state index in [1.165, 1.54) is 0 Å². The van der Waals surface area contributed by atoms with Gasteiger partial charge in [0, 0.05) is 18.9 Å². The molecule has 3 N–H and O–H groups in total. The number of carbonyl (C=O) groups is 5. The van der Waals surface area contributed by atoms with Crippen molar-refractivity contribution in [1.82, 2.24) is 16.0 Å². The molecule has 394 valence electrons. The van der Waals surface area contributed by atoms with E-state index in [9.17, 15) is 24.0 Å². The predicted molar refractivity (Wildman–Crippen MR) is 285 cm³/mol. The van der Waals surface area contributed by atoms with Gasteiger partial charge < -0.3 is 34.7 Å². The summed E-state index contributed by atoms with van der Waals surface area (Å²) in [4.78, 5) is 65.9. The van der Waals surface area contributed by atoms with Gasteiger partial charge in [-0.3, -0.25) is 19.2 Å². The molecule has 3 aromatic carbocycles. The number of esters is 1. The third-order valence-electron chi connectivity index (χ3n) is 14.4. The third kappa shape index (κ3) is 17.3.